The number of likely N-dealkylation sites (tertiary alicyclic amines) is 1. The number of aromatic nitrogens is 1. The molecule has 5 heteroatoms. The van der Waals surface area contributed by atoms with Crippen LogP contribution in [0.1, 0.15) is 36.0 Å². The van der Waals surface area contributed by atoms with Crippen molar-refractivity contribution >= 4 is 11.8 Å². The summed E-state index contributed by atoms with van der Waals surface area (Å²) < 4.78 is 0. The van der Waals surface area contributed by atoms with Crippen LogP contribution < -0.4 is 5.32 Å². The van der Waals surface area contributed by atoms with Crippen LogP contribution in [0.2, 0.25) is 0 Å². The summed E-state index contributed by atoms with van der Waals surface area (Å²) in [5, 5.41) is 2.96. The summed E-state index contributed by atoms with van der Waals surface area (Å²) >= 11 is 0. The van der Waals surface area contributed by atoms with Gasteiger partial charge in [-0.3, -0.25) is 14.6 Å². The zero-order valence-corrected chi connectivity index (χ0v) is 12.8. The highest BCUT2D eigenvalue weighted by molar-refractivity contribution is 5.94. The molecule has 1 N–H and O–H groups in total. The number of hydrogen-bond acceptors (Lipinski definition) is 3. The summed E-state index contributed by atoms with van der Waals surface area (Å²) in [5.74, 6) is 0.597. The number of hydrogen-bond donors (Lipinski definition) is 1. The minimum absolute atomic E-state index is 0.0656. The fourth-order valence-electron chi connectivity index (χ4n) is 2.60. The molecular formula is C17H23N3O2. The Hall–Kier alpha value is -2.17. The zero-order chi connectivity index (χ0) is 15.8. The predicted molar refractivity (Wildman–Crippen MR) is 85.3 cm³/mol. The van der Waals surface area contributed by atoms with Crippen LogP contribution in [0.5, 0.6) is 0 Å². The van der Waals surface area contributed by atoms with E-state index in [0.717, 1.165) is 25.9 Å². The largest absolute Gasteiger partial charge is 0.356 e. The van der Waals surface area contributed by atoms with Gasteiger partial charge >= 0.3 is 0 Å². The van der Waals surface area contributed by atoms with Crippen LogP contribution in [-0.4, -0.2) is 41.3 Å². The molecule has 5 nitrogen and oxygen atoms in total. The minimum Gasteiger partial charge on any atom is -0.356 e. The van der Waals surface area contributed by atoms with E-state index < -0.39 is 0 Å². The first-order chi connectivity index (χ1) is 10.7. The number of carbonyl (C=O) groups excluding carboxylic acids is 2. The van der Waals surface area contributed by atoms with Crippen molar-refractivity contribution in [1.29, 1.82) is 0 Å². The van der Waals surface area contributed by atoms with Gasteiger partial charge in [0.1, 0.15) is 0 Å². The lowest BCUT2D eigenvalue weighted by molar-refractivity contribution is -0.121. The maximum Gasteiger partial charge on any atom is 0.253 e. The molecular weight excluding hydrogens is 278 g/mol. The molecule has 1 fully saturated rings. The van der Waals surface area contributed by atoms with Gasteiger partial charge in [0, 0.05) is 44.0 Å². The Kier molecular flexibility index (Phi) is 6.13. The second-order valence-corrected chi connectivity index (χ2v) is 5.60. The standard InChI is InChI=1S/C17H23N3O2/c1-2-3-4-16(21)19-13-14-7-11-20(12-8-14)17(22)15-5-9-18-10-6-15/h2,5-6,9-10,14H,1,3-4,7-8,11-13H2,(H,19,21). The molecule has 1 aromatic rings. The SMILES string of the molecule is C=CCCC(=O)NCC1CCN(C(=O)c2ccncc2)CC1. The van der Waals surface area contributed by atoms with Gasteiger partial charge < -0.3 is 10.2 Å². The fourth-order valence-corrected chi connectivity index (χ4v) is 2.60. The highest BCUT2D eigenvalue weighted by Crippen LogP contribution is 2.18. The summed E-state index contributed by atoms with van der Waals surface area (Å²) in [7, 11) is 0. The molecule has 0 unspecified atom stereocenters. The Bertz CT molecular complexity index is 508. The third-order valence-electron chi connectivity index (χ3n) is 3.99. The molecule has 0 radical (unpaired) electrons. The molecule has 2 rings (SSSR count). The maximum absolute atomic E-state index is 12.3. The van der Waals surface area contributed by atoms with Crippen molar-refractivity contribution in [2.24, 2.45) is 5.92 Å². The van der Waals surface area contributed by atoms with Crippen molar-refractivity contribution in [3.05, 3.63) is 42.7 Å². The summed E-state index contributed by atoms with van der Waals surface area (Å²) in [6, 6.07) is 3.49. The predicted octanol–water partition coefficient (Wildman–Crippen LogP) is 2.02. The van der Waals surface area contributed by atoms with Gasteiger partial charge in [-0.1, -0.05) is 6.08 Å². The Labute approximate surface area is 131 Å². The van der Waals surface area contributed by atoms with E-state index in [9.17, 15) is 9.59 Å². The zero-order valence-electron chi connectivity index (χ0n) is 12.8. The highest BCUT2D eigenvalue weighted by atomic mass is 16.2. The molecule has 2 amide bonds. The van der Waals surface area contributed by atoms with Crippen LogP contribution in [0.3, 0.4) is 0 Å². The molecule has 0 spiro atoms. The number of carbonyl (C=O) groups is 2. The van der Waals surface area contributed by atoms with E-state index in [-0.39, 0.29) is 11.8 Å². The molecule has 1 aliphatic rings. The summed E-state index contributed by atoms with van der Waals surface area (Å²) in [6.07, 6.45) is 8.10. The average molecular weight is 301 g/mol. The van der Waals surface area contributed by atoms with Gasteiger partial charge in [0.25, 0.3) is 5.91 Å². The van der Waals surface area contributed by atoms with Crippen LogP contribution in [0.25, 0.3) is 0 Å². The third kappa shape index (κ3) is 4.69. The first-order valence-electron chi connectivity index (χ1n) is 7.77. The molecule has 0 aromatic carbocycles. The van der Waals surface area contributed by atoms with E-state index in [1.165, 1.54) is 0 Å². The summed E-state index contributed by atoms with van der Waals surface area (Å²) in [4.78, 5) is 29.7. The highest BCUT2D eigenvalue weighted by Gasteiger charge is 2.23. The van der Waals surface area contributed by atoms with Crippen molar-refractivity contribution in [1.82, 2.24) is 15.2 Å². The van der Waals surface area contributed by atoms with Gasteiger partial charge in [-0.15, -0.1) is 6.58 Å². The van der Waals surface area contributed by atoms with Gasteiger partial charge in [-0.05, 0) is 37.3 Å². The normalized spacial score (nSPS) is 15.4. The van der Waals surface area contributed by atoms with E-state index in [1.807, 2.05) is 4.90 Å². The van der Waals surface area contributed by atoms with E-state index in [1.54, 1.807) is 30.6 Å². The van der Waals surface area contributed by atoms with Crippen LogP contribution in [0, 0.1) is 5.92 Å². The van der Waals surface area contributed by atoms with Gasteiger partial charge in [-0.25, -0.2) is 0 Å². The van der Waals surface area contributed by atoms with Crippen molar-refractivity contribution < 1.29 is 9.59 Å². The molecule has 1 aromatic heterocycles. The molecule has 1 saturated heterocycles. The minimum atomic E-state index is 0.0656. The summed E-state index contributed by atoms with van der Waals surface area (Å²) in [5.41, 5.74) is 0.686. The average Bonchev–Trinajstić information content (AvgIpc) is 2.58. The van der Waals surface area contributed by atoms with E-state index in [4.69, 9.17) is 0 Å². The summed E-state index contributed by atoms with van der Waals surface area (Å²) in [6.45, 7) is 5.80. The van der Waals surface area contributed by atoms with Crippen molar-refractivity contribution in [3.63, 3.8) is 0 Å². The first kappa shape index (κ1) is 16.2. The molecule has 0 bridgehead atoms. The fraction of sp³-hybridized carbons (Fsp3) is 0.471. The van der Waals surface area contributed by atoms with E-state index in [2.05, 4.69) is 16.9 Å². The number of pyridine rings is 1. The number of nitrogens with zero attached hydrogens (tertiary/aromatic N) is 2. The number of nitrogens with one attached hydrogen (secondary N) is 1. The molecule has 1 aliphatic heterocycles. The molecule has 0 atom stereocenters. The molecule has 0 saturated carbocycles. The Balaban J connectivity index is 1.73. The lowest BCUT2D eigenvalue weighted by Gasteiger charge is -2.32. The Morgan fingerprint density at radius 2 is 2.00 bits per heavy atom. The number of piperidine rings is 1. The molecule has 2 heterocycles. The van der Waals surface area contributed by atoms with Crippen molar-refractivity contribution in [2.75, 3.05) is 19.6 Å². The van der Waals surface area contributed by atoms with Crippen molar-refractivity contribution in [3.8, 4) is 0 Å². The van der Waals surface area contributed by atoms with Gasteiger partial charge in [0.2, 0.25) is 5.91 Å². The smallest absolute Gasteiger partial charge is 0.253 e. The first-order valence-corrected chi connectivity index (χ1v) is 7.77. The number of allylic oxidation sites excluding steroid dienone is 1. The van der Waals surface area contributed by atoms with Gasteiger partial charge in [-0.2, -0.15) is 0 Å². The molecule has 0 aliphatic carbocycles. The molecule has 22 heavy (non-hydrogen) atoms. The Morgan fingerprint density at radius 1 is 1.32 bits per heavy atom. The van der Waals surface area contributed by atoms with Crippen LogP contribution in [0.15, 0.2) is 37.2 Å². The number of rotatable bonds is 6. The third-order valence-corrected chi connectivity index (χ3v) is 3.99. The van der Waals surface area contributed by atoms with Crippen LogP contribution >= 0.6 is 0 Å². The lowest BCUT2D eigenvalue weighted by Crippen LogP contribution is -2.41. The topological polar surface area (TPSA) is 62.3 Å². The number of amides is 2. The monoisotopic (exact) mass is 301 g/mol. The van der Waals surface area contributed by atoms with Crippen molar-refractivity contribution in [2.45, 2.75) is 25.7 Å². The van der Waals surface area contributed by atoms with Crippen LogP contribution in [0.4, 0.5) is 0 Å². The van der Waals surface area contributed by atoms with Gasteiger partial charge in [0.05, 0.1) is 0 Å². The van der Waals surface area contributed by atoms with Gasteiger partial charge in [0.15, 0.2) is 0 Å². The Morgan fingerprint density at radius 3 is 2.64 bits per heavy atom. The van der Waals surface area contributed by atoms with E-state index >= 15 is 0 Å². The molecule has 118 valence electrons. The quantitative estimate of drug-likeness (QED) is 0.818. The second kappa shape index (κ2) is 8.32. The second-order valence-electron chi connectivity index (χ2n) is 5.60. The van der Waals surface area contributed by atoms with Crippen LogP contribution in [-0.2, 0) is 4.79 Å². The lowest BCUT2D eigenvalue weighted by atomic mass is 9.96. The maximum atomic E-state index is 12.3. The van der Waals surface area contributed by atoms with E-state index in [0.29, 0.717) is 30.9 Å².